The number of hydrogen-bond donors (Lipinski definition) is 1. The van der Waals surface area contributed by atoms with E-state index in [4.69, 9.17) is 10.5 Å². The van der Waals surface area contributed by atoms with E-state index in [0.29, 0.717) is 0 Å². The summed E-state index contributed by atoms with van der Waals surface area (Å²) < 4.78 is 7.26. The van der Waals surface area contributed by atoms with Crippen molar-refractivity contribution >= 4 is 5.82 Å². The van der Waals surface area contributed by atoms with Crippen LogP contribution in [0.4, 0.5) is 5.82 Å². The highest BCUT2D eigenvalue weighted by Gasteiger charge is 2.12. The lowest BCUT2D eigenvalue weighted by Gasteiger charge is -2.26. The second-order valence-corrected chi connectivity index (χ2v) is 6.13. The molecule has 5 heteroatoms. The highest BCUT2D eigenvalue weighted by molar-refractivity contribution is 5.48. The van der Waals surface area contributed by atoms with Gasteiger partial charge in [0.25, 0.3) is 0 Å². The van der Waals surface area contributed by atoms with Gasteiger partial charge in [0.05, 0.1) is 25.1 Å². The van der Waals surface area contributed by atoms with Crippen LogP contribution in [0.25, 0.3) is 5.69 Å². The maximum absolute atomic E-state index is 6.28. The Bertz CT molecular complexity index is 632. The maximum atomic E-state index is 6.28. The quantitative estimate of drug-likeness (QED) is 0.890. The Morgan fingerprint density at radius 1 is 1.26 bits per heavy atom. The first-order chi connectivity index (χ1) is 11.3. The van der Waals surface area contributed by atoms with Crippen molar-refractivity contribution in [3.05, 3.63) is 41.6 Å². The number of aryl methyl sites for hydroxylation is 1. The first-order valence-corrected chi connectivity index (χ1v) is 8.49. The van der Waals surface area contributed by atoms with Gasteiger partial charge in [-0.25, -0.2) is 4.68 Å². The van der Waals surface area contributed by atoms with Gasteiger partial charge in [0.15, 0.2) is 0 Å². The van der Waals surface area contributed by atoms with Crippen molar-refractivity contribution in [2.45, 2.75) is 32.7 Å². The number of morpholine rings is 1. The van der Waals surface area contributed by atoms with E-state index >= 15 is 0 Å². The van der Waals surface area contributed by atoms with Gasteiger partial charge in [-0.3, -0.25) is 4.90 Å². The number of ether oxygens (including phenoxy) is 1. The lowest BCUT2D eigenvalue weighted by molar-refractivity contribution is 0.0342. The molecule has 3 rings (SSSR count). The van der Waals surface area contributed by atoms with Crippen LogP contribution in [-0.4, -0.2) is 41.0 Å². The Balaban J connectivity index is 1.75. The van der Waals surface area contributed by atoms with Gasteiger partial charge in [0.2, 0.25) is 0 Å². The third-order valence-corrected chi connectivity index (χ3v) is 4.35. The molecule has 0 amide bonds. The number of aromatic nitrogens is 2. The summed E-state index contributed by atoms with van der Waals surface area (Å²) in [4.78, 5) is 2.42. The third kappa shape index (κ3) is 3.92. The van der Waals surface area contributed by atoms with Gasteiger partial charge < -0.3 is 10.5 Å². The molecule has 5 nitrogen and oxygen atoms in total. The van der Waals surface area contributed by atoms with Crippen LogP contribution in [0.15, 0.2) is 30.5 Å². The van der Waals surface area contributed by atoms with E-state index in [-0.39, 0.29) is 0 Å². The summed E-state index contributed by atoms with van der Waals surface area (Å²) >= 11 is 0. The predicted molar refractivity (Wildman–Crippen MR) is 92.7 cm³/mol. The van der Waals surface area contributed by atoms with Gasteiger partial charge >= 0.3 is 0 Å². The van der Waals surface area contributed by atoms with Crippen molar-refractivity contribution in [3.8, 4) is 5.69 Å². The molecule has 1 fully saturated rings. The van der Waals surface area contributed by atoms with E-state index in [9.17, 15) is 0 Å². The summed E-state index contributed by atoms with van der Waals surface area (Å²) in [6, 6.07) is 8.49. The largest absolute Gasteiger partial charge is 0.383 e. The average Bonchev–Trinajstić information content (AvgIpc) is 2.95. The molecule has 1 aromatic heterocycles. The minimum absolute atomic E-state index is 0.766. The van der Waals surface area contributed by atoms with Crippen LogP contribution in [0.5, 0.6) is 0 Å². The second-order valence-electron chi connectivity index (χ2n) is 6.13. The molecule has 1 aliphatic rings. The Hall–Kier alpha value is -1.85. The zero-order chi connectivity index (χ0) is 16.1. The Labute approximate surface area is 138 Å². The molecule has 0 bridgehead atoms. The lowest BCUT2D eigenvalue weighted by atomic mass is 10.1. The van der Waals surface area contributed by atoms with Crippen LogP contribution in [0.3, 0.4) is 0 Å². The van der Waals surface area contributed by atoms with Crippen LogP contribution in [0, 0.1) is 0 Å². The predicted octanol–water partition coefficient (Wildman–Crippen LogP) is 2.63. The standard InChI is InChI=1S/C18H26N4O/c1-2-3-6-16-13-20-22(18(16)19)17-7-4-5-15(12-17)14-21-8-10-23-11-9-21/h4-5,7,12-13H,2-3,6,8-11,14,19H2,1H3. The number of rotatable bonds is 6. The lowest BCUT2D eigenvalue weighted by Crippen LogP contribution is -2.35. The third-order valence-electron chi connectivity index (χ3n) is 4.35. The van der Waals surface area contributed by atoms with Crippen molar-refractivity contribution < 1.29 is 4.74 Å². The summed E-state index contributed by atoms with van der Waals surface area (Å²) in [5, 5.41) is 4.48. The monoisotopic (exact) mass is 314 g/mol. The van der Waals surface area contributed by atoms with Gasteiger partial charge in [-0.1, -0.05) is 25.5 Å². The molecule has 23 heavy (non-hydrogen) atoms. The molecule has 0 aliphatic carbocycles. The molecule has 124 valence electrons. The number of nitrogens with zero attached hydrogens (tertiary/aromatic N) is 3. The van der Waals surface area contributed by atoms with Gasteiger partial charge in [-0.15, -0.1) is 0 Å². The van der Waals surface area contributed by atoms with Crippen LogP contribution in [-0.2, 0) is 17.7 Å². The number of anilines is 1. The van der Waals surface area contributed by atoms with E-state index < -0.39 is 0 Å². The topological polar surface area (TPSA) is 56.3 Å². The highest BCUT2D eigenvalue weighted by atomic mass is 16.5. The molecular formula is C18H26N4O. The molecule has 1 aliphatic heterocycles. The van der Waals surface area contributed by atoms with Gasteiger partial charge in [-0.05, 0) is 30.5 Å². The number of nitrogen functional groups attached to an aromatic ring is 1. The number of unbranched alkanes of at least 4 members (excludes halogenated alkanes) is 1. The Kier molecular flexibility index (Phi) is 5.31. The minimum Gasteiger partial charge on any atom is -0.383 e. The van der Waals surface area contributed by atoms with Crippen LogP contribution >= 0.6 is 0 Å². The summed E-state index contributed by atoms with van der Waals surface area (Å²) in [6.07, 6.45) is 5.21. The average molecular weight is 314 g/mol. The summed E-state index contributed by atoms with van der Waals surface area (Å²) in [5.41, 5.74) is 9.75. The molecule has 1 saturated heterocycles. The van der Waals surface area contributed by atoms with Gasteiger partial charge in [0, 0.05) is 25.2 Å². The maximum Gasteiger partial charge on any atom is 0.130 e. The fourth-order valence-electron chi connectivity index (χ4n) is 2.96. The fraction of sp³-hybridized carbons (Fsp3) is 0.500. The normalized spacial score (nSPS) is 15.9. The van der Waals surface area contributed by atoms with Crippen LogP contribution in [0.2, 0.25) is 0 Å². The Morgan fingerprint density at radius 2 is 2.09 bits per heavy atom. The van der Waals surface area contributed by atoms with Crippen molar-refractivity contribution in [2.24, 2.45) is 0 Å². The zero-order valence-corrected chi connectivity index (χ0v) is 13.9. The molecule has 0 atom stereocenters. The molecule has 2 heterocycles. The van der Waals surface area contributed by atoms with Gasteiger partial charge in [0.1, 0.15) is 5.82 Å². The van der Waals surface area contributed by atoms with E-state index in [1.54, 1.807) is 0 Å². The van der Waals surface area contributed by atoms with Crippen molar-refractivity contribution in [1.82, 2.24) is 14.7 Å². The number of hydrogen-bond acceptors (Lipinski definition) is 4. The SMILES string of the molecule is CCCCc1cnn(-c2cccc(CN3CCOCC3)c2)c1N. The number of benzene rings is 1. The molecular weight excluding hydrogens is 288 g/mol. The highest BCUT2D eigenvalue weighted by Crippen LogP contribution is 2.20. The minimum atomic E-state index is 0.766. The van der Waals surface area contributed by atoms with E-state index in [0.717, 1.165) is 62.8 Å². The Morgan fingerprint density at radius 3 is 2.87 bits per heavy atom. The first-order valence-electron chi connectivity index (χ1n) is 8.49. The summed E-state index contributed by atoms with van der Waals surface area (Å²) in [7, 11) is 0. The molecule has 0 unspecified atom stereocenters. The van der Waals surface area contributed by atoms with Crippen LogP contribution < -0.4 is 5.73 Å². The van der Waals surface area contributed by atoms with E-state index in [2.05, 4.69) is 41.2 Å². The van der Waals surface area contributed by atoms with E-state index in [1.165, 1.54) is 12.0 Å². The molecule has 0 radical (unpaired) electrons. The van der Waals surface area contributed by atoms with Crippen LogP contribution in [0.1, 0.15) is 30.9 Å². The zero-order valence-electron chi connectivity index (χ0n) is 13.9. The van der Waals surface area contributed by atoms with Crippen molar-refractivity contribution in [2.75, 3.05) is 32.0 Å². The van der Waals surface area contributed by atoms with E-state index in [1.807, 2.05) is 10.9 Å². The molecule has 2 aromatic rings. The van der Waals surface area contributed by atoms with Crippen molar-refractivity contribution in [1.29, 1.82) is 0 Å². The smallest absolute Gasteiger partial charge is 0.130 e. The molecule has 0 saturated carbocycles. The van der Waals surface area contributed by atoms with Crippen molar-refractivity contribution in [3.63, 3.8) is 0 Å². The molecule has 0 spiro atoms. The summed E-state index contributed by atoms with van der Waals surface area (Å²) in [5.74, 6) is 0.766. The second kappa shape index (κ2) is 7.62. The van der Waals surface area contributed by atoms with Gasteiger partial charge in [-0.2, -0.15) is 5.10 Å². The first kappa shape index (κ1) is 16.0. The molecule has 1 aromatic carbocycles. The fourth-order valence-corrected chi connectivity index (χ4v) is 2.96. The number of nitrogens with two attached hydrogens (primary N) is 1. The molecule has 2 N–H and O–H groups in total. The summed E-state index contributed by atoms with van der Waals surface area (Å²) in [6.45, 7) is 6.78.